The quantitative estimate of drug-likeness (QED) is 0.808. The molecule has 0 aliphatic rings. The summed E-state index contributed by atoms with van der Waals surface area (Å²) in [5.74, 6) is 0.626. The lowest BCUT2D eigenvalue weighted by Crippen LogP contribution is -2.34. The molecule has 1 heterocycles. The van der Waals surface area contributed by atoms with E-state index in [0.717, 1.165) is 17.7 Å². The average molecular weight is 250 g/mol. The van der Waals surface area contributed by atoms with Crippen LogP contribution in [0.4, 0.5) is 10.6 Å². The van der Waals surface area contributed by atoms with Crippen LogP contribution in [0.25, 0.3) is 0 Å². The number of pyridine rings is 1. The largest absolute Gasteiger partial charge is 0.443 e. The highest BCUT2D eigenvalue weighted by molar-refractivity contribution is 5.86. The first kappa shape index (κ1) is 14.5. The Morgan fingerprint density at radius 2 is 2.00 bits per heavy atom. The Balaban J connectivity index is 2.93. The molecule has 0 spiro atoms. The van der Waals surface area contributed by atoms with Crippen molar-refractivity contribution in [1.82, 2.24) is 4.98 Å². The number of rotatable bonds is 2. The monoisotopic (exact) mass is 250 g/mol. The second-order valence-electron chi connectivity index (χ2n) is 5.39. The van der Waals surface area contributed by atoms with E-state index in [4.69, 9.17) is 4.74 Å². The van der Waals surface area contributed by atoms with E-state index < -0.39 is 5.60 Å². The van der Waals surface area contributed by atoms with Gasteiger partial charge in [-0.25, -0.2) is 9.78 Å². The average Bonchev–Trinajstić information content (AvgIpc) is 2.24. The zero-order chi connectivity index (χ0) is 13.9. The number of carbonyl (C=O) groups excluding carboxylic acids is 1. The fourth-order valence-corrected chi connectivity index (χ4v) is 1.50. The molecule has 1 aromatic heterocycles. The lowest BCUT2D eigenvalue weighted by atomic mass is 10.2. The zero-order valence-corrected chi connectivity index (χ0v) is 12.1. The minimum absolute atomic E-state index is 0.386. The maximum absolute atomic E-state index is 11.9. The molecule has 0 saturated heterocycles. The van der Waals surface area contributed by atoms with Crippen LogP contribution in [0.15, 0.2) is 12.1 Å². The summed E-state index contributed by atoms with van der Waals surface area (Å²) < 4.78 is 5.31. The smallest absolute Gasteiger partial charge is 0.415 e. The van der Waals surface area contributed by atoms with Crippen molar-refractivity contribution in [3.63, 3.8) is 0 Å². The Kier molecular flexibility index (Phi) is 4.33. The Morgan fingerprint density at radius 1 is 1.39 bits per heavy atom. The number of hydrogen-bond donors (Lipinski definition) is 0. The normalized spacial score (nSPS) is 11.2. The molecule has 0 saturated carbocycles. The van der Waals surface area contributed by atoms with Gasteiger partial charge in [-0.15, -0.1) is 0 Å². The van der Waals surface area contributed by atoms with E-state index >= 15 is 0 Å². The van der Waals surface area contributed by atoms with Gasteiger partial charge in [-0.3, -0.25) is 4.90 Å². The molecule has 4 nitrogen and oxygen atoms in total. The van der Waals surface area contributed by atoms with Crippen LogP contribution in [-0.2, 0) is 11.2 Å². The number of hydrogen-bond acceptors (Lipinski definition) is 3. The molecule has 0 atom stereocenters. The third kappa shape index (κ3) is 4.02. The standard InChI is InChI=1S/C14H22N2O2/c1-7-11-8-10(2)9-12(15-11)16(6)13(17)18-14(3,4)5/h8-9H,7H2,1-6H3. The van der Waals surface area contributed by atoms with Crippen LogP contribution in [0.1, 0.15) is 39.0 Å². The van der Waals surface area contributed by atoms with E-state index in [1.54, 1.807) is 7.05 Å². The number of aromatic nitrogens is 1. The van der Waals surface area contributed by atoms with Crippen LogP contribution in [0.3, 0.4) is 0 Å². The molecule has 0 aliphatic heterocycles. The molecule has 0 aliphatic carbocycles. The number of carbonyl (C=O) groups is 1. The molecule has 0 N–H and O–H groups in total. The predicted molar refractivity (Wildman–Crippen MR) is 73.0 cm³/mol. The third-order valence-corrected chi connectivity index (χ3v) is 2.38. The first-order chi connectivity index (χ1) is 8.23. The minimum atomic E-state index is -0.497. The summed E-state index contributed by atoms with van der Waals surface area (Å²) in [6, 6.07) is 3.90. The predicted octanol–water partition coefficient (Wildman–Crippen LogP) is 3.32. The van der Waals surface area contributed by atoms with Crippen molar-refractivity contribution >= 4 is 11.9 Å². The van der Waals surface area contributed by atoms with E-state index in [1.165, 1.54) is 4.90 Å². The SMILES string of the molecule is CCc1cc(C)cc(N(C)C(=O)OC(C)(C)C)n1. The van der Waals surface area contributed by atoms with E-state index in [0.29, 0.717) is 5.82 Å². The Labute approximate surface area is 109 Å². The molecule has 4 heteroatoms. The van der Waals surface area contributed by atoms with E-state index in [9.17, 15) is 4.79 Å². The van der Waals surface area contributed by atoms with Crippen LogP contribution in [0, 0.1) is 6.92 Å². The molecular formula is C14H22N2O2. The van der Waals surface area contributed by atoms with Crippen LogP contribution in [-0.4, -0.2) is 23.7 Å². The van der Waals surface area contributed by atoms with Gasteiger partial charge in [0.2, 0.25) is 0 Å². The summed E-state index contributed by atoms with van der Waals surface area (Å²) in [6.07, 6.45) is 0.458. The summed E-state index contributed by atoms with van der Waals surface area (Å²) >= 11 is 0. The molecule has 0 radical (unpaired) electrons. The first-order valence-corrected chi connectivity index (χ1v) is 6.17. The second kappa shape index (κ2) is 5.38. The molecular weight excluding hydrogens is 228 g/mol. The molecule has 1 rings (SSSR count). The number of anilines is 1. The second-order valence-corrected chi connectivity index (χ2v) is 5.39. The summed E-state index contributed by atoms with van der Waals surface area (Å²) in [7, 11) is 1.68. The van der Waals surface area contributed by atoms with Gasteiger partial charge in [-0.1, -0.05) is 6.92 Å². The maximum Gasteiger partial charge on any atom is 0.415 e. The summed E-state index contributed by atoms with van der Waals surface area (Å²) in [6.45, 7) is 9.58. The van der Waals surface area contributed by atoms with Gasteiger partial charge in [0.05, 0.1) is 0 Å². The Morgan fingerprint density at radius 3 is 2.50 bits per heavy atom. The summed E-state index contributed by atoms with van der Waals surface area (Å²) in [4.78, 5) is 17.8. The van der Waals surface area contributed by atoms with E-state index in [-0.39, 0.29) is 6.09 Å². The molecule has 0 aromatic carbocycles. The highest BCUT2D eigenvalue weighted by atomic mass is 16.6. The van der Waals surface area contributed by atoms with Crippen molar-refractivity contribution in [3.05, 3.63) is 23.4 Å². The van der Waals surface area contributed by atoms with Crippen molar-refractivity contribution in [2.24, 2.45) is 0 Å². The number of ether oxygens (including phenoxy) is 1. The lowest BCUT2D eigenvalue weighted by molar-refractivity contribution is 0.0588. The number of amides is 1. The Bertz CT molecular complexity index is 436. The Hall–Kier alpha value is -1.58. The minimum Gasteiger partial charge on any atom is -0.443 e. The first-order valence-electron chi connectivity index (χ1n) is 6.17. The van der Waals surface area contributed by atoms with Gasteiger partial charge in [-0.05, 0) is 51.8 Å². The fourth-order valence-electron chi connectivity index (χ4n) is 1.50. The summed E-state index contributed by atoms with van der Waals surface area (Å²) in [5, 5.41) is 0. The molecule has 1 aromatic rings. The topological polar surface area (TPSA) is 42.4 Å². The molecule has 1 amide bonds. The zero-order valence-electron chi connectivity index (χ0n) is 12.1. The highest BCUT2D eigenvalue weighted by Gasteiger charge is 2.21. The van der Waals surface area contributed by atoms with Crippen molar-refractivity contribution in [1.29, 1.82) is 0 Å². The molecule has 0 fully saturated rings. The molecule has 0 unspecified atom stereocenters. The van der Waals surface area contributed by atoms with Crippen LogP contribution < -0.4 is 4.90 Å². The van der Waals surface area contributed by atoms with Crippen molar-refractivity contribution in [2.75, 3.05) is 11.9 Å². The highest BCUT2D eigenvalue weighted by Crippen LogP contribution is 2.17. The lowest BCUT2D eigenvalue weighted by Gasteiger charge is -2.24. The van der Waals surface area contributed by atoms with Crippen LogP contribution >= 0.6 is 0 Å². The van der Waals surface area contributed by atoms with Crippen LogP contribution in [0.2, 0.25) is 0 Å². The molecule has 100 valence electrons. The molecule has 0 bridgehead atoms. The van der Waals surface area contributed by atoms with Gasteiger partial charge in [0.1, 0.15) is 11.4 Å². The fraction of sp³-hybridized carbons (Fsp3) is 0.571. The third-order valence-electron chi connectivity index (χ3n) is 2.38. The van der Waals surface area contributed by atoms with E-state index in [2.05, 4.69) is 4.98 Å². The van der Waals surface area contributed by atoms with Crippen molar-refractivity contribution in [3.8, 4) is 0 Å². The molecule has 18 heavy (non-hydrogen) atoms. The van der Waals surface area contributed by atoms with Gasteiger partial charge in [-0.2, -0.15) is 0 Å². The van der Waals surface area contributed by atoms with Gasteiger partial charge in [0, 0.05) is 12.7 Å². The van der Waals surface area contributed by atoms with Gasteiger partial charge >= 0.3 is 6.09 Å². The van der Waals surface area contributed by atoms with E-state index in [1.807, 2.05) is 46.8 Å². The van der Waals surface area contributed by atoms with Gasteiger partial charge in [0.15, 0.2) is 0 Å². The summed E-state index contributed by atoms with van der Waals surface area (Å²) in [5.41, 5.74) is 1.57. The number of aryl methyl sites for hydroxylation is 2. The van der Waals surface area contributed by atoms with Gasteiger partial charge in [0.25, 0.3) is 0 Å². The maximum atomic E-state index is 11.9. The van der Waals surface area contributed by atoms with Gasteiger partial charge < -0.3 is 4.74 Å². The number of nitrogens with zero attached hydrogens (tertiary/aromatic N) is 2. The van der Waals surface area contributed by atoms with Crippen molar-refractivity contribution < 1.29 is 9.53 Å². The van der Waals surface area contributed by atoms with Crippen molar-refractivity contribution in [2.45, 2.75) is 46.6 Å². The van der Waals surface area contributed by atoms with Crippen LogP contribution in [0.5, 0.6) is 0 Å².